The molecule has 23 nitrogen and oxygen atoms in total. The molecule has 1 rings (SSSR count). The smallest absolute Gasteiger partial charge is 0.305 e. The summed E-state index contributed by atoms with van der Waals surface area (Å²) in [7, 11) is 0. The van der Waals surface area contributed by atoms with Gasteiger partial charge in [0.05, 0.1) is 211 Å². The number of unbranched alkanes of at least 4 members (excludes halogenated alkanes) is 28. The lowest BCUT2D eigenvalue weighted by atomic mass is 10.0. The van der Waals surface area contributed by atoms with Crippen LogP contribution in [-0.4, -0.2) is 271 Å². The second-order valence-electron chi connectivity index (χ2n) is 24.7. The third-order valence-electron chi connectivity index (χ3n) is 16.2. The molecule has 0 amide bonds. The fourth-order valence-corrected chi connectivity index (χ4v) is 10.7. The van der Waals surface area contributed by atoms with Crippen LogP contribution in [0.3, 0.4) is 0 Å². The first kappa shape index (κ1) is 93.2. The predicted octanol–water partition coefficient (Wildman–Crippen LogP) is 11.4. The number of carbonyl (C=O) groups excluding carboxylic acids is 2. The molecule has 578 valence electrons. The zero-order valence-corrected chi connectivity index (χ0v) is 61.4. The third-order valence-corrected chi connectivity index (χ3v) is 16.2. The van der Waals surface area contributed by atoms with E-state index >= 15 is 0 Å². The van der Waals surface area contributed by atoms with E-state index in [1.165, 1.54) is 167 Å². The number of esters is 2. The van der Waals surface area contributed by atoms with Crippen molar-refractivity contribution in [1.82, 2.24) is 0 Å². The van der Waals surface area contributed by atoms with Gasteiger partial charge in [-0.25, -0.2) is 0 Å². The Balaban J connectivity index is 2.46. The van der Waals surface area contributed by atoms with Crippen molar-refractivity contribution in [3.05, 3.63) is 0 Å². The average molecular weight is 1400 g/mol. The second-order valence-corrected chi connectivity index (χ2v) is 24.7. The Labute approximate surface area is 587 Å². The Bertz CT molecular complexity index is 1540. The van der Waals surface area contributed by atoms with E-state index in [9.17, 15) is 9.59 Å². The molecule has 0 aromatic carbocycles. The number of rotatable bonds is 84. The van der Waals surface area contributed by atoms with Crippen LogP contribution in [0.1, 0.15) is 219 Å². The molecule has 4 atom stereocenters. The van der Waals surface area contributed by atoms with Crippen molar-refractivity contribution >= 4 is 11.9 Å². The normalized spacial score (nSPS) is 15.1. The van der Waals surface area contributed by atoms with E-state index in [1.807, 2.05) is 0 Å². The highest BCUT2D eigenvalue weighted by Gasteiger charge is 2.44. The molecule has 1 saturated heterocycles. The van der Waals surface area contributed by atoms with Crippen LogP contribution in [0.4, 0.5) is 0 Å². The number of hydrogen-bond donors (Lipinski definition) is 2. The molecule has 0 aromatic rings. The van der Waals surface area contributed by atoms with E-state index in [-0.39, 0.29) is 78.0 Å². The van der Waals surface area contributed by atoms with E-state index in [0.29, 0.717) is 171 Å². The van der Waals surface area contributed by atoms with Gasteiger partial charge in [0.1, 0.15) is 37.6 Å². The zero-order valence-electron chi connectivity index (χ0n) is 61.4. The molecule has 1 aliphatic heterocycles. The van der Waals surface area contributed by atoms with Crippen molar-refractivity contribution in [3.8, 4) is 0 Å². The predicted molar refractivity (Wildman–Crippen MR) is 375 cm³/mol. The molecule has 23 heteroatoms. The van der Waals surface area contributed by atoms with Crippen molar-refractivity contribution in [2.75, 3.05) is 225 Å². The third kappa shape index (κ3) is 68.4. The van der Waals surface area contributed by atoms with Gasteiger partial charge in [-0.05, 0) is 12.8 Å². The molecule has 1 aliphatic rings. The second kappa shape index (κ2) is 79.9. The van der Waals surface area contributed by atoms with Crippen molar-refractivity contribution < 1.29 is 110 Å². The molecule has 0 bridgehead atoms. The van der Waals surface area contributed by atoms with Crippen LogP contribution in [0.25, 0.3) is 0 Å². The number of carbonyl (C=O) groups is 2. The Morgan fingerprint density at radius 2 is 0.567 bits per heavy atom. The minimum atomic E-state index is -0.563. The zero-order chi connectivity index (χ0) is 69.6. The number of hydrogen-bond acceptors (Lipinski definition) is 23. The van der Waals surface area contributed by atoms with Crippen LogP contribution in [0, 0.1) is 0 Å². The van der Waals surface area contributed by atoms with Gasteiger partial charge in [-0.2, -0.15) is 0 Å². The summed E-state index contributed by atoms with van der Waals surface area (Å²) in [5, 5.41) is 17.8. The molecule has 97 heavy (non-hydrogen) atoms. The largest absolute Gasteiger partial charge is 0.463 e. The lowest BCUT2D eigenvalue weighted by Crippen LogP contribution is -2.46. The van der Waals surface area contributed by atoms with Gasteiger partial charge in [0, 0.05) is 12.8 Å². The van der Waals surface area contributed by atoms with E-state index in [4.69, 9.17) is 100 Å². The lowest BCUT2D eigenvalue weighted by molar-refractivity contribution is -0.146. The number of aliphatic hydroxyl groups excluding tert-OH is 2. The van der Waals surface area contributed by atoms with Gasteiger partial charge in [-0.15, -0.1) is 0 Å². The Hall–Kier alpha value is -1.82. The molecule has 0 saturated carbocycles. The maximum Gasteiger partial charge on any atom is 0.305 e. The molecule has 0 aromatic heterocycles. The van der Waals surface area contributed by atoms with Gasteiger partial charge >= 0.3 is 11.9 Å². The Morgan fingerprint density at radius 1 is 0.309 bits per heavy atom. The fraction of sp³-hybridized carbons (Fsp3) is 0.973. The molecule has 2 N–H and O–H groups in total. The topological polar surface area (TPSA) is 250 Å². The minimum absolute atomic E-state index is 0.0283. The Kier molecular flexibility index (Phi) is 76.7. The van der Waals surface area contributed by atoms with Gasteiger partial charge in [-0.3, -0.25) is 9.59 Å². The molecule has 0 unspecified atom stereocenters. The first-order valence-electron chi connectivity index (χ1n) is 38.6. The van der Waals surface area contributed by atoms with Crippen molar-refractivity contribution in [1.29, 1.82) is 0 Å². The summed E-state index contributed by atoms with van der Waals surface area (Å²) in [6.45, 7) is 15.0. The van der Waals surface area contributed by atoms with Crippen LogP contribution < -0.4 is 0 Å². The van der Waals surface area contributed by atoms with Crippen molar-refractivity contribution in [2.24, 2.45) is 0 Å². The fourth-order valence-electron chi connectivity index (χ4n) is 10.7. The molecule has 1 fully saturated rings. The van der Waals surface area contributed by atoms with E-state index < -0.39 is 24.4 Å². The molecular formula is C74H144O23. The van der Waals surface area contributed by atoms with Crippen LogP contribution in [0.15, 0.2) is 0 Å². The summed E-state index contributed by atoms with van der Waals surface area (Å²) in [6.07, 6.45) is 37.5. The summed E-state index contributed by atoms with van der Waals surface area (Å²) in [4.78, 5) is 24.4. The quantitative estimate of drug-likeness (QED) is 0.0424. The molecular weight excluding hydrogens is 1260 g/mol. The van der Waals surface area contributed by atoms with E-state index in [2.05, 4.69) is 13.8 Å². The SMILES string of the molecule is CCCCCCCCCCCCCCCCCC(=O)OCCOCCOCCOCCOC[C@@H](OCCOCCOCCOCCOC(=O)CCCCCCCCCCCCCCCCC)[C@H]1OC[C@H](OCCOCCOCCOCCO)[C@H]1OCCOCCOCCOCCO. The first-order valence-corrected chi connectivity index (χ1v) is 38.6. The minimum Gasteiger partial charge on any atom is -0.463 e. The highest BCUT2D eigenvalue weighted by atomic mass is 16.6. The number of aliphatic hydroxyl groups is 2. The van der Waals surface area contributed by atoms with Crippen LogP contribution in [0.2, 0.25) is 0 Å². The number of ether oxygens (including phenoxy) is 19. The summed E-state index contributed by atoms with van der Waals surface area (Å²) >= 11 is 0. The lowest BCUT2D eigenvalue weighted by Gasteiger charge is -2.29. The molecule has 1 heterocycles. The van der Waals surface area contributed by atoms with E-state index in [0.717, 1.165) is 25.7 Å². The van der Waals surface area contributed by atoms with Crippen molar-refractivity contribution in [3.63, 3.8) is 0 Å². The molecule has 0 aliphatic carbocycles. The summed E-state index contributed by atoms with van der Waals surface area (Å²) < 4.78 is 110. The monoisotopic (exact) mass is 1400 g/mol. The van der Waals surface area contributed by atoms with E-state index in [1.54, 1.807) is 0 Å². The van der Waals surface area contributed by atoms with Crippen LogP contribution in [0.5, 0.6) is 0 Å². The van der Waals surface area contributed by atoms with Crippen LogP contribution in [-0.2, 0) is 99.6 Å². The highest BCUT2D eigenvalue weighted by molar-refractivity contribution is 5.69. The van der Waals surface area contributed by atoms with Gasteiger partial charge in [0.25, 0.3) is 0 Å². The highest BCUT2D eigenvalue weighted by Crippen LogP contribution is 2.26. The van der Waals surface area contributed by atoms with Gasteiger partial charge in [0.2, 0.25) is 0 Å². The Morgan fingerprint density at radius 3 is 0.887 bits per heavy atom. The molecule has 0 radical (unpaired) electrons. The first-order chi connectivity index (χ1) is 48.1. The standard InChI is InChI=1S/C74H144O23/c1-3-5-7-9-11-13-15-17-19-21-23-25-27-29-31-33-71(77)94-64-59-88-52-47-83-43-44-85-55-56-91-67-69(74-73(96-66-61-90-54-49-82-42-40-80-38-36-76)70(68-97-74)93-63-58-87-50-45-81-41-39-79-37-35-75)92-62-57-86-51-46-84-48-53-89-60-65-95-72(78)34-32-30-28-26-24-22-20-18-16-14-12-10-8-6-4-2/h69-70,73-76H,3-68H2,1-2H3/t69-,70+,73-,74-/m1/s1. The van der Waals surface area contributed by atoms with Gasteiger partial charge < -0.3 is 100 Å². The average Bonchev–Trinajstić information content (AvgIpc) is 1.71. The van der Waals surface area contributed by atoms with Gasteiger partial charge in [0.15, 0.2) is 0 Å². The molecule has 0 spiro atoms. The van der Waals surface area contributed by atoms with Gasteiger partial charge in [-0.1, -0.05) is 194 Å². The summed E-state index contributed by atoms with van der Waals surface area (Å²) in [5.41, 5.74) is 0. The summed E-state index contributed by atoms with van der Waals surface area (Å²) in [5.74, 6) is -0.330. The summed E-state index contributed by atoms with van der Waals surface area (Å²) in [6, 6.07) is 0. The van der Waals surface area contributed by atoms with Crippen LogP contribution >= 0.6 is 0 Å². The van der Waals surface area contributed by atoms with Crippen molar-refractivity contribution in [2.45, 2.75) is 244 Å². The maximum atomic E-state index is 12.2. The maximum absolute atomic E-state index is 12.2.